The minimum atomic E-state index is -0.289. The fourth-order valence-corrected chi connectivity index (χ4v) is 4.72. The summed E-state index contributed by atoms with van der Waals surface area (Å²) in [5.41, 5.74) is 11.7. The number of ether oxygens (including phenoxy) is 2. The molecule has 0 spiro atoms. The maximum absolute atomic E-state index is 12.1. The van der Waals surface area contributed by atoms with E-state index in [2.05, 4.69) is 15.6 Å². The number of methoxy groups -OCH3 is 2. The van der Waals surface area contributed by atoms with Gasteiger partial charge in [-0.15, -0.1) is 0 Å². The molecule has 0 saturated heterocycles. The summed E-state index contributed by atoms with van der Waals surface area (Å²) < 4.78 is 11.2. The minimum Gasteiger partial charge on any atom is -0.496 e. The molecule has 0 bridgehead atoms. The lowest BCUT2D eigenvalue weighted by Crippen LogP contribution is -2.03. The van der Waals surface area contributed by atoms with E-state index < -0.39 is 0 Å². The van der Waals surface area contributed by atoms with Crippen LogP contribution in [-0.4, -0.2) is 44.9 Å². The summed E-state index contributed by atoms with van der Waals surface area (Å²) in [6.07, 6.45) is 4.49. The Kier molecular flexibility index (Phi) is 13.2. The van der Waals surface area contributed by atoms with Gasteiger partial charge in [0.1, 0.15) is 5.76 Å². The van der Waals surface area contributed by atoms with Gasteiger partial charge in [-0.05, 0) is 60.7 Å². The Balaban J connectivity index is 0.000000239. The molecule has 1 aromatic heterocycles. The Morgan fingerprint density at radius 3 is 1.78 bits per heavy atom. The van der Waals surface area contributed by atoms with Crippen LogP contribution in [0.25, 0.3) is 22.7 Å². The highest BCUT2D eigenvalue weighted by atomic mass is 16.5. The number of aromatic amines is 1. The smallest absolute Gasteiger partial charge is 0.188 e. The summed E-state index contributed by atoms with van der Waals surface area (Å²) in [6.45, 7) is 4.00. The average Bonchev–Trinajstić information content (AvgIpc) is 3.47. The van der Waals surface area contributed by atoms with Gasteiger partial charge in [0.05, 0.1) is 19.9 Å². The predicted molar refractivity (Wildman–Crippen MR) is 192 cm³/mol. The van der Waals surface area contributed by atoms with E-state index >= 15 is 0 Å². The number of carbonyl (C=O) groups excluding carboxylic acids is 2. The SMILES string of the molecule is CC.CNc1ccccc1/C(=C/c1[nH]c2ccccc2c1OC)OC.CNc1ccccc1C(=O)/C=C/C(=O)c1ccccc1N. The van der Waals surface area contributed by atoms with Crippen LogP contribution in [0.4, 0.5) is 17.1 Å². The maximum Gasteiger partial charge on any atom is 0.188 e. The van der Waals surface area contributed by atoms with Crippen molar-refractivity contribution in [2.24, 2.45) is 0 Å². The van der Waals surface area contributed by atoms with E-state index in [0.29, 0.717) is 16.8 Å². The molecule has 0 fully saturated rings. The van der Waals surface area contributed by atoms with Gasteiger partial charge >= 0.3 is 0 Å². The van der Waals surface area contributed by atoms with Gasteiger partial charge in [-0.2, -0.15) is 0 Å². The second kappa shape index (κ2) is 17.5. The molecule has 0 amide bonds. The molecule has 238 valence electrons. The lowest BCUT2D eigenvalue weighted by Gasteiger charge is -2.12. The second-order valence-electron chi connectivity index (χ2n) is 9.57. The van der Waals surface area contributed by atoms with Crippen LogP contribution in [0.3, 0.4) is 0 Å². The van der Waals surface area contributed by atoms with Crippen LogP contribution in [0.1, 0.15) is 45.8 Å². The van der Waals surface area contributed by atoms with Crippen molar-refractivity contribution < 1.29 is 19.1 Å². The van der Waals surface area contributed by atoms with Crippen molar-refractivity contribution in [2.75, 3.05) is 44.7 Å². The molecular weight excluding hydrogens is 576 g/mol. The highest BCUT2D eigenvalue weighted by molar-refractivity contribution is 6.15. The summed E-state index contributed by atoms with van der Waals surface area (Å²) >= 11 is 0. The maximum atomic E-state index is 12.1. The quantitative estimate of drug-likeness (QED) is 0.0538. The number of hydrogen-bond acceptors (Lipinski definition) is 7. The first-order valence-corrected chi connectivity index (χ1v) is 15.0. The molecule has 0 aliphatic carbocycles. The number of H-pyrrole nitrogens is 1. The van der Waals surface area contributed by atoms with Crippen molar-refractivity contribution in [3.05, 3.63) is 132 Å². The van der Waals surface area contributed by atoms with Crippen molar-refractivity contribution >= 4 is 51.4 Å². The van der Waals surface area contributed by atoms with Crippen LogP contribution in [0.2, 0.25) is 0 Å². The number of rotatable bonds is 10. The van der Waals surface area contributed by atoms with Gasteiger partial charge < -0.3 is 30.8 Å². The molecule has 5 rings (SSSR count). The molecule has 0 atom stereocenters. The monoisotopic (exact) mass is 618 g/mol. The third-order valence-corrected chi connectivity index (χ3v) is 6.92. The summed E-state index contributed by atoms with van der Waals surface area (Å²) in [4.78, 5) is 27.5. The molecule has 0 saturated carbocycles. The number of nitrogen functional groups attached to an aromatic ring is 1. The molecule has 8 nitrogen and oxygen atoms in total. The highest BCUT2D eigenvalue weighted by Gasteiger charge is 2.14. The van der Waals surface area contributed by atoms with Crippen LogP contribution >= 0.6 is 0 Å². The Morgan fingerprint density at radius 1 is 0.696 bits per heavy atom. The largest absolute Gasteiger partial charge is 0.496 e. The van der Waals surface area contributed by atoms with Gasteiger partial charge in [0.2, 0.25) is 0 Å². The van der Waals surface area contributed by atoms with Gasteiger partial charge in [-0.1, -0.05) is 62.4 Å². The summed E-state index contributed by atoms with van der Waals surface area (Å²) in [6, 6.07) is 30.0. The number of ketones is 2. The first-order valence-electron chi connectivity index (χ1n) is 15.0. The van der Waals surface area contributed by atoms with Gasteiger partial charge in [0.15, 0.2) is 17.3 Å². The van der Waals surface area contributed by atoms with Crippen LogP contribution in [0.15, 0.2) is 109 Å². The van der Waals surface area contributed by atoms with Crippen LogP contribution in [-0.2, 0) is 4.74 Å². The van der Waals surface area contributed by atoms with Crippen molar-refractivity contribution in [3.8, 4) is 5.75 Å². The molecule has 46 heavy (non-hydrogen) atoms. The molecule has 0 aliphatic rings. The van der Waals surface area contributed by atoms with Crippen LogP contribution in [0.5, 0.6) is 5.75 Å². The van der Waals surface area contributed by atoms with Crippen LogP contribution < -0.4 is 21.1 Å². The van der Waals surface area contributed by atoms with Crippen molar-refractivity contribution in [2.45, 2.75) is 13.8 Å². The Morgan fingerprint density at radius 2 is 1.20 bits per heavy atom. The fraction of sp³-hybridized carbons (Fsp3) is 0.158. The molecular formula is C38H42N4O4. The van der Waals surface area contributed by atoms with E-state index in [1.165, 1.54) is 12.2 Å². The van der Waals surface area contributed by atoms with E-state index in [9.17, 15) is 9.59 Å². The molecule has 0 unspecified atom stereocenters. The van der Waals surface area contributed by atoms with Crippen LogP contribution in [0, 0.1) is 0 Å². The zero-order chi connectivity index (χ0) is 33.5. The van der Waals surface area contributed by atoms with E-state index in [1.54, 1.807) is 63.7 Å². The first kappa shape index (κ1) is 34.7. The molecule has 5 aromatic rings. The summed E-state index contributed by atoms with van der Waals surface area (Å²) in [5, 5.41) is 7.19. The Labute approximate surface area is 270 Å². The number of para-hydroxylation sites is 4. The topological polar surface area (TPSA) is 118 Å². The normalized spacial score (nSPS) is 10.7. The molecule has 0 radical (unpaired) electrons. The van der Waals surface area contributed by atoms with E-state index in [4.69, 9.17) is 15.2 Å². The molecule has 8 heteroatoms. The van der Waals surface area contributed by atoms with Crippen molar-refractivity contribution in [3.63, 3.8) is 0 Å². The number of nitrogens with one attached hydrogen (secondary N) is 3. The Bertz CT molecular complexity index is 1820. The van der Waals surface area contributed by atoms with Crippen molar-refractivity contribution in [1.29, 1.82) is 0 Å². The summed E-state index contributed by atoms with van der Waals surface area (Å²) in [7, 11) is 7.00. The lowest BCUT2D eigenvalue weighted by atomic mass is 10.1. The number of anilines is 3. The number of fused-ring (bicyclic) bond motifs is 1. The van der Waals surface area contributed by atoms with E-state index in [-0.39, 0.29) is 11.6 Å². The third kappa shape index (κ3) is 8.45. The zero-order valence-electron chi connectivity index (χ0n) is 27.2. The average molecular weight is 619 g/mol. The molecule has 1 heterocycles. The number of carbonyl (C=O) groups is 2. The number of allylic oxidation sites excluding steroid dienone is 2. The summed E-state index contributed by atoms with van der Waals surface area (Å²) in [5.74, 6) is 1.06. The molecule has 0 aliphatic heterocycles. The Hall–Kier alpha value is -5.76. The number of hydrogen-bond donors (Lipinski definition) is 4. The highest BCUT2D eigenvalue weighted by Crippen LogP contribution is 2.34. The minimum absolute atomic E-state index is 0.234. The van der Waals surface area contributed by atoms with Gasteiger partial charge in [0.25, 0.3) is 0 Å². The van der Waals surface area contributed by atoms with Gasteiger partial charge in [0, 0.05) is 64.8 Å². The standard InChI is InChI=1S/C19H20N2O2.C17H16N2O2.C2H6/c1-20-15-10-6-4-8-13(15)18(22-2)12-17-19(23-3)14-9-5-7-11-16(14)21-17;1-19-15-9-5-3-7-13(15)17(21)11-10-16(20)12-6-2-4-8-14(12)18;1-2/h4-12,20-21H,1-3H3;2-11,19H,18H2,1H3;1-2H3/b18-12-;11-10+;. The van der Waals surface area contributed by atoms with Crippen molar-refractivity contribution in [1.82, 2.24) is 4.98 Å². The van der Waals surface area contributed by atoms with E-state index in [1.807, 2.05) is 81.6 Å². The van der Waals surface area contributed by atoms with Gasteiger partial charge in [-0.25, -0.2) is 0 Å². The number of nitrogens with two attached hydrogens (primary N) is 1. The zero-order valence-corrected chi connectivity index (χ0v) is 27.2. The third-order valence-electron chi connectivity index (χ3n) is 6.92. The first-order chi connectivity index (χ1) is 22.4. The predicted octanol–water partition coefficient (Wildman–Crippen LogP) is 8.32. The number of benzene rings is 4. The second-order valence-corrected chi connectivity index (χ2v) is 9.57. The van der Waals surface area contributed by atoms with Gasteiger partial charge in [-0.3, -0.25) is 9.59 Å². The van der Waals surface area contributed by atoms with E-state index in [0.717, 1.165) is 45.0 Å². The fourth-order valence-electron chi connectivity index (χ4n) is 4.72. The number of aromatic nitrogens is 1. The molecule has 4 aromatic carbocycles. The molecule has 5 N–H and O–H groups in total. The lowest BCUT2D eigenvalue weighted by molar-refractivity contribution is 0.102.